The van der Waals surface area contributed by atoms with Crippen LogP contribution < -0.4 is 0 Å². The van der Waals surface area contributed by atoms with Gasteiger partial charge in [-0.3, -0.25) is 0 Å². The average molecular weight is 185 g/mol. The van der Waals surface area contributed by atoms with Crippen molar-refractivity contribution < 1.29 is 0 Å². The molecule has 0 amide bonds. The molecule has 0 bridgehead atoms. The number of hydrogen-bond donors (Lipinski definition) is 0. The van der Waals surface area contributed by atoms with E-state index in [2.05, 4.69) is 28.1 Å². The zero-order chi connectivity index (χ0) is 6.85. The standard InChI is InChI=1S/C6H5BrN2/c7-1-4-5(2-8)6(4)3-9/h4-6H,1H2. The van der Waals surface area contributed by atoms with Gasteiger partial charge >= 0.3 is 0 Å². The Labute approximate surface area is 62.2 Å². The highest BCUT2D eigenvalue weighted by Gasteiger charge is 2.50. The van der Waals surface area contributed by atoms with Crippen LogP contribution in [0.3, 0.4) is 0 Å². The average Bonchev–Trinajstić information content (AvgIpc) is 2.59. The third-order valence-electron chi connectivity index (χ3n) is 1.64. The van der Waals surface area contributed by atoms with Crippen molar-refractivity contribution in [2.45, 2.75) is 0 Å². The van der Waals surface area contributed by atoms with E-state index in [-0.39, 0.29) is 11.8 Å². The monoisotopic (exact) mass is 184 g/mol. The second-order valence-electron chi connectivity index (χ2n) is 2.13. The summed E-state index contributed by atoms with van der Waals surface area (Å²) in [6, 6.07) is 4.18. The van der Waals surface area contributed by atoms with E-state index in [0.29, 0.717) is 5.92 Å². The summed E-state index contributed by atoms with van der Waals surface area (Å²) in [4.78, 5) is 0. The molecule has 0 aromatic heterocycles. The number of rotatable bonds is 1. The highest BCUT2D eigenvalue weighted by Crippen LogP contribution is 2.46. The molecule has 0 radical (unpaired) electrons. The molecule has 2 unspecified atom stereocenters. The van der Waals surface area contributed by atoms with Crippen LogP contribution in [0.5, 0.6) is 0 Å². The molecule has 2 nitrogen and oxygen atoms in total. The lowest BCUT2D eigenvalue weighted by Gasteiger charge is -1.76. The number of alkyl halides is 1. The third-order valence-corrected chi connectivity index (χ3v) is 2.39. The first kappa shape index (κ1) is 6.58. The van der Waals surface area contributed by atoms with Crippen molar-refractivity contribution in [2.75, 3.05) is 5.33 Å². The van der Waals surface area contributed by atoms with Crippen LogP contribution >= 0.6 is 15.9 Å². The summed E-state index contributed by atoms with van der Waals surface area (Å²) in [5.74, 6) is 0.281. The Hall–Kier alpha value is -0.540. The smallest absolute Gasteiger partial charge is 0.0674 e. The van der Waals surface area contributed by atoms with E-state index in [0.717, 1.165) is 5.33 Å². The summed E-state index contributed by atoms with van der Waals surface area (Å²) >= 11 is 3.24. The van der Waals surface area contributed by atoms with Crippen LogP contribution in [0.2, 0.25) is 0 Å². The molecule has 0 aromatic rings. The topological polar surface area (TPSA) is 47.6 Å². The van der Waals surface area contributed by atoms with Gasteiger partial charge in [0.05, 0.1) is 24.0 Å². The van der Waals surface area contributed by atoms with Crippen LogP contribution in [0.25, 0.3) is 0 Å². The quantitative estimate of drug-likeness (QED) is 0.577. The zero-order valence-electron chi connectivity index (χ0n) is 4.71. The molecule has 0 heterocycles. The first-order valence-electron chi connectivity index (χ1n) is 2.70. The van der Waals surface area contributed by atoms with Crippen molar-refractivity contribution in [1.29, 1.82) is 10.5 Å². The van der Waals surface area contributed by atoms with Gasteiger partial charge in [0, 0.05) is 11.2 Å². The molecule has 0 spiro atoms. The second-order valence-corrected chi connectivity index (χ2v) is 2.78. The molecule has 1 rings (SSSR count). The first-order valence-corrected chi connectivity index (χ1v) is 3.82. The van der Waals surface area contributed by atoms with E-state index < -0.39 is 0 Å². The number of halogens is 1. The summed E-state index contributed by atoms with van der Waals surface area (Å²) in [5.41, 5.74) is 0. The van der Waals surface area contributed by atoms with E-state index in [4.69, 9.17) is 10.5 Å². The van der Waals surface area contributed by atoms with Gasteiger partial charge in [-0.05, 0) is 0 Å². The molecule has 0 aliphatic heterocycles. The van der Waals surface area contributed by atoms with Gasteiger partial charge in [0.1, 0.15) is 0 Å². The first-order chi connectivity index (χ1) is 4.35. The lowest BCUT2D eigenvalue weighted by molar-refractivity contribution is 0.913. The molecule has 0 N–H and O–H groups in total. The van der Waals surface area contributed by atoms with Crippen molar-refractivity contribution in [1.82, 2.24) is 0 Å². The maximum absolute atomic E-state index is 8.39. The van der Waals surface area contributed by atoms with E-state index in [1.165, 1.54) is 0 Å². The van der Waals surface area contributed by atoms with Gasteiger partial charge in [0.2, 0.25) is 0 Å². The number of nitriles is 2. The minimum atomic E-state index is -0.00521. The van der Waals surface area contributed by atoms with E-state index >= 15 is 0 Å². The SMILES string of the molecule is N#CC1C(C#N)C1CBr. The molecule has 9 heavy (non-hydrogen) atoms. The lowest BCUT2D eigenvalue weighted by atomic mass is 10.4. The summed E-state index contributed by atoms with van der Waals surface area (Å²) in [6.07, 6.45) is 0. The van der Waals surface area contributed by atoms with Gasteiger partial charge in [-0.15, -0.1) is 0 Å². The molecule has 2 atom stereocenters. The minimum Gasteiger partial charge on any atom is -0.198 e. The summed E-state index contributed by atoms with van der Waals surface area (Å²) in [6.45, 7) is 0. The van der Waals surface area contributed by atoms with E-state index in [1.807, 2.05) is 0 Å². The molecule has 46 valence electrons. The van der Waals surface area contributed by atoms with E-state index in [1.54, 1.807) is 0 Å². The van der Waals surface area contributed by atoms with Crippen LogP contribution in [-0.2, 0) is 0 Å². The number of nitrogens with zero attached hydrogens (tertiary/aromatic N) is 2. The molecular weight excluding hydrogens is 180 g/mol. The highest BCUT2D eigenvalue weighted by molar-refractivity contribution is 9.09. The largest absolute Gasteiger partial charge is 0.198 e. The molecule has 1 aliphatic carbocycles. The fourth-order valence-corrected chi connectivity index (χ4v) is 1.72. The summed E-state index contributed by atoms with van der Waals surface area (Å²) in [7, 11) is 0. The normalized spacial score (nSPS) is 38.8. The van der Waals surface area contributed by atoms with Gasteiger partial charge in [0.25, 0.3) is 0 Å². The van der Waals surface area contributed by atoms with Crippen molar-refractivity contribution >= 4 is 15.9 Å². The Morgan fingerprint density at radius 2 is 1.67 bits per heavy atom. The van der Waals surface area contributed by atoms with Crippen molar-refractivity contribution in [3.8, 4) is 12.1 Å². The summed E-state index contributed by atoms with van der Waals surface area (Å²) < 4.78 is 0. The highest BCUT2D eigenvalue weighted by atomic mass is 79.9. The molecule has 0 saturated heterocycles. The fourth-order valence-electron chi connectivity index (χ4n) is 0.918. The van der Waals surface area contributed by atoms with E-state index in [9.17, 15) is 0 Å². The van der Waals surface area contributed by atoms with Gasteiger partial charge in [-0.1, -0.05) is 15.9 Å². The Morgan fingerprint density at radius 3 is 1.78 bits per heavy atom. The van der Waals surface area contributed by atoms with Gasteiger partial charge in [-0.25, -0.2) is 0 Å². The molecular formula is C6H5BrN2. The Kier molecular flexibility index (Phi) is 1.73. The molecule has 1 saturated carbocycles. The Bertz CT molecular complexity index is 168. The van der Waals surface area contributed by atoms with Gasteiger partial charge in [-0.2, -0.15) is 10.5 Å². The second kappa shape index (κ2) is 2.37. The third kappa shape index (κ3) is 0.930. The van der Waals surface area contributed by atoms with Crippen LogP contribution in [0.4, 0.5) is 0 Å². The lowest BCUT2D eigenvalue weighted by Crippen LogP contribution is -1.77. The molecule has 1 aliphatic rings. The maximum Gasteiger partial charge on any atom is 0.0674 e. The molecule has 1 fully saturated rings. The Balaban J connectivity index is 2.49. The predicted octanol–water partition coefficient (Wildman–Crippen LogP) is 1.29. The molecule has 0 aromatic carbocycles. The van der Waals surface area contributed by atoms with Crippen molar-refractivity contribution in [3.63, 3.8) is 0 Å². The maximum atomic E-state index is 8.39. The van der Waals surface area contributed by atoms with Crippen LogP contribution in [0.15, 0.2) is 0 Å². The predicted molar refractivity (Wildman–Crippen MR) is 35.5 cm³/mol. The zero-order valence-corrected chi connectivity index (χ0v) is 6.30. The van der Waals surface area contributed by atoms with Crippen LogP contribution in [0, 0.1) is 40.4 Å². The molecule has 3 heteroatoms. The van der Waals surface area contributed by atoms with Gasteiger partial charge < -0.3 is 0 Å². The van der Waals surface area contributed by atoms with Gasteiger partial charge in [0.15, 0.2) is 0 Å². The van der Waals surface area contributed by atoms with Crippen LogP contribution in [-0.4, -0.2) is 5.33 Å². The number of hydrogen-bond acceptors (Lipinski definition) is 2. The van der Waals surface area contributed by atoms with Crippen molar-refractivity contribution in [2.24, 2.45) is 17.8 Å². The fraction of sp³-hybridized carbons (Fsp3) is 0.667. The minimum absolute atomic E-state index is 0.00521. The van der Waals surface area contributed by atoms with Crippen molar-refractivity contribution in [3.05, 3.63) is 0 Å². The Morgan fingerprint density at radius 1 is 1.22 bits per heavy atom. The van der Waals surface area contributed by atoms with Crippen LogP contribution in [0.1, 0.15) is 0 Å². The summed E-state index contributed by atoms with van der Waals surface area (Å²) in [5, 5.41) is 17.6.